The number of benzene rings is 8. The first-order chi connectivity index (χ1) is 30.7. The Morgan fingerprint density at radius 2 is 1.16 bits per heavy atom. The van der Waals surface area contributed by atoms with Crippen LogP contribution in [-0.2, 0) is 31.9 Å². The van der Waals surface area contributed by atoms with E-state index in [1.54, 1.807) is 6.07 Å². The molecule has 0 fully saturated rings. The zero-order chi connectivity index (χ0) is 42.6. The average Bonchev–Trinajstić information content (AvgIpc) is 3.88. The third kappa shape index (κ3) is 5.73. The van der Waals surface area contributed by atoms with Gasteiger partial charge in [-0.25, -0.2) is 4.98 Å². The standard InChI is InChI=1S/C58H42N3O2.Pt/c1-57(2)46-30-15-13-26-42(46)54-51(58(57,3)4)40-24-11-12-25-41(40)52(59-54)43-29-18-31-47-53(43)60-56(45-33-44-39-23-14-16-32-49(39)63-50(44)34-48(45)62)61(47)55-37(35-19-7-5-8-20-35)27-17-28-38(55)36-21-9-6-10-22-36;/h5-25,27-34,62H,1-4H3;/q-1;. The third-order valence-electron chi connectivity index (χ3n) is 14.0. The molecule has 0 saturated heterocycles. The summed E-state index contributed by atoms with van der Waals surface area (Å²) >= 11 is 0. The van der Waals surface area contributed by atoms with Crippen LogP contribution in [0.5, 0.6) is 5.75 Å². The molecule has 1 N–H and O–H groups in total. The van der Waals surface area contributed by atoms with Gasteiger partial charge in [-0.15, -0.1) is 35.4 Å². The van der Waals surface area contributed by atoms with E-state index in [1.807, 2.05) is 42.5 Å². The maximum atomic E-state index is 12.2. The predicted octanol–water partition coefficient (Wildman–Crippen LogP) is 14.9. The summed E-state index contributed by atoms with van der Waals surface area (Å²) in [5.41, 5.74) is 14.6. The van der Waals surface area contributed by atoms with E-state index in [0.29, 0.717) is 17.0 Å². The number of imidazole rings is 1. The Kier molecular flexibility index (Phi) is 9.17. The molecule has 0 bridgehead atoms. The Bertz CT molecular complexity index is 3580. The van der Waals surface area contributed by atoms with Gasteiger partial charge in [-0.05, 0) is 51.2 Å². The van der Waals surface area contributed by atoms with E-state index >= 15 is 0 Å². The molecule has 5 nitrogen and oxygen atoms in total. The van der Waals surface area contributed by atoms with Gasteiger partial charge in [0.15, 0.2) is 0 Å². The first kappa shape index (κ1) is 39.8. The van der Waals surface area contributed by atoms with Crippen molar-refractivity contribution in [1.82, 2.24) is 14.5 Å². The van der Waals surface area contributed by atoms with Crippen LogP contribution in [0.25, 0.3) is 106 Å². The fourth-order valence-corrected chi connectivity index (χ4v) is 10.2. The molecule has 0 spiro atoms. The molecule has 0 atom stereocenters. The number of fused-ring (bicyclic) bond motifs is 9. The molecular formula is C58H42N3O2Pt-. The van der Waals surface area contributed by atoms with Gasteiger partial charge in [0.05, 0.1) is 28.0 Å². The first-order valence-electron chi connectivity index (χ1n) is 21.6. The van der Waals surface area contributed by atoms with Gasteiger partial charge in [-0.3, -0.25) is 9.55 Å². The molecule has 0 unspecified atom stereocenters. The van der Waals surface area contributed by atoms with Crippen LogP contribution >= 0.6 is 0 Å². The van der Waals surface area contributed by atoms with Crippen molar-refractivity contribution < 1.29 is 30.6 Å². The monoisotopic (exact) mass is 1010 g/mol. The van der Waals surface area contributed by atoms with Crippen LogP contribution < -0.4 is 0 Å². The minimum absolute atomic E-state index is 0. The number of phenolic OH excluding ortho intramolecular Hbond substituents is 1. The van der Waals surface area contributed by atoms with Gasteiger partial charge in [0.2, 0.25) is 0 Å². The molecule has 64 heavy (non-hydrogen) atoms. The van der Waals surface area contributed by atoms with Crippen LogP contribution in [0.4, 0.5) is 0 Å². The number of aromatic nitrogens is 3. The van der Waals surface area contributed by atoms with Gasteiger partial charge >= 0.3 is 0 Å². The zero-order valence-corrected chi connectivity index (χ0v) is 38.0. The van der Waals surface area contributed by atoms with Crippen molar-refractivity contribution >= 4 is 43.7 Å². The molecule has 0 amide bonds. The minimum Gasteiger partial charge on any atom is -0.507 e. The summed E-state index contributed by atoms with van der Waals surface area (Å²) in [5, 5.41) is 16.3. The van der Waals surface area contributed by atoms with Crippen LogP contribution in [0.1, 0.15) is 38.8 Å². The molecule has 11 aromatic rings. The molecule has 0 radical (unpaired) electrons. The molecule has 312 valence electrons. The first-order valence-corrected chi connectivity index (χ1v) is 21.6. The summed E-state index contributed by atoms with van der Waals surface area (Å²) in [6.45, 7) is 9.39. The van der Waals surface area contributed by atoms with E-state index in [-0.39, 0.29) is 37.6 Å². The van der Waals surface area contributed by atoms with Crippen molar-refractivity contribution in [2.24, 2.45) is 0 Å². The van der Waals surface area contributed by atoms with Crippen molar-refractivity contribution in [2.45, 2.75) is 38.5 Å². The van der Waals surface area contributed by atoms with E-state index < -0.39 is 0 Å². The van der Waals surface area contributed by atoms with Gasteiger partial charge in [0.25, 0.3) is 0 Å². The summed E-state index contributed by atoms with van der Waals surface area (Å²) in [6.07, 6.45) is 0. The van der Waals surface area contributed by atoms with Crippen LogP contribution in [-0.4, -0.2) is 19.6 Å². The molecule has 0 aliphatic heterocycles. The Hall–Kier alpha value is -7.07. The molecule has 6 heteroatoms. The largest absolute Gasteiger partial charge is 0.507 e. The zero-order valence-electron chi connectivity index (χ0n) is 35.8. The number of hydrogen-bond donors (Lipinski definition) is 1. The quantitative estimate of drug-likeness (QED) is 0.175. The molecule has 1 aliphatic carbocycles. The predicted molar refractivity (Wildman–Crippen MR) is 257 cm³/mol. The van der Waals surface area contributed by atoms with Gasteiger partial charge in [-0.2, -0.15) is 0 Å². The van der Waals surface area contributed by atoms with Crippen molar-refractivity contribution in [3.63, 3.8) is 0 Å². The van der Waals surface area contributed by atoms with Crippen molar-refractivity contribution in [3.05, 3.63) is 193 Å². The second-order valence-corrected chi connectivity index (χ2v) is 17.8. The van der Waals surface area contributed by atoms with Crippen LogP contribution in [0.3, 0.4) is 0 Å². The summed E-state index contributed by atoms with van der Waals surface area (Å²) in [5.74, 6) is 0.680. The number of aromatic hydroxyl groups is 1. The van der Waals surface area contributed by atoms with E-state index in [4.69, 9.17) is 14.4 Å². The van der Waals surface area contributed by atoms with Crippen molar-refractivity contribution in [2.75, 3.05) is 0 Å². The number of pyridine rings is 1. The van der Waals surface area contributed by atoms with E-state index in [1.165, 1.54) is 16.5 Å². The summed E-state index contributed by atoms with van der Waals surface area (Å²) < 4.78 is 8.52. The number of hydrogen-bond acceptors (Lipinski definition) is 4. The van der Waals surface area contributed by atoms with E-state index in [0.717, 1.165) is 83.2 Å². The fraction of sp³-hybridized carbons (Fsp3) is 0.103. The second kappa shape index (κ2) is 14.8. The third-order valence-corrected chi connectivity index (χ3v) is 14.0. The maximum absolute atomic E-state index is 12.2. The Morgan fingerprint density at radius 3 is 1.88 bits per heavy atom. The Balaban J connectivity index is 0.00000456. The van der Waals surface area contributed by atoms with Gasteiger partial charge in [-0.1, -0.05) is 167 Å². The van der Waals surface area contributed by atoms with E-state index in [9.17, 15) is 5.11 Å². The SMILES string of the molecule is CC1(C)c2ccc[c-]c2-c2nc(-c3cccc4c3nc(-c3cc5c(cc3O)oc3ccccc35)n4-c3c(-c4ccccc4)cccc3-c3ccccc3)c3ccccc3c2C1(C)C.[Pt]. The molecular weight excluding hydrogens is 966 g/mol. The van der Waals surface area contributed by atoms with E-state index in [2.05, 4.69) is 166 Å². The fourth-order valence-electron chi connectivity index (χ4n) is 10.2. The molecule has 0 saturated carbocycles. The maximum Gasteiger partial charge on any atom is 0.149 e. The number of nitrogens with zero attached hydrogens (tertiary/aromatic N) is 3. The molecule has 3 heterocycles. The topological polar surface area (TPSA) is 64.1 Å². The minimum atomic E-state index is -0.251. The normalized spacial score (nSPS) is 13.8. The molecule has 3 aromatic heterocycles. The molecule has 8 aromatic carbocycles. The van der Waals surface area contributed by atoms with Crippen molar-refractivity contribution in [3.8, 4) is 67.6 Å². The summed E-state index contributed by atoms with van der Waals surface area (Å²) in [6, 6.07) is 64.3. The second-order valence-electron chi connectivity index (χ2n) is 17.8. The molecule has 12 rings (SSSR count). The van der Waals surface area contributed by atoms with Crippen LogP contribution in [0.2, 0.25) is 0 Å². The summed E-state index contributed by atoms with van der Waals surface area (Å²) in [4.78, 5) is 11.4. The van der Waals surface area contributed by atoms with Crippen LogP contribution in [0.15, 0.2) is 180 Å². The number of furan rings is 1. The Morgan fingerprint density at radius 1 is 0.531 bits per heavy atom. The summed E-state index contributed by atoms with van der Waals surface area (Å²) in [7, 11) is 0. The van der Waals surface area contributed by atoms with Gasteiger partial charge < -0.3 is 9.52 Å². The molecule has 1 aliphatic rings. The van der Waals surface area contributed by atoms with Crippen molar-refractivity contribution in [1.29, 1.82) is 0 Å². The number of rotatable bonds is 5. The van der Waals surface area contributed by atoms with Gasteiger partial charge in [0.1, 0.15) is 22.7 Å². The number of para-hydroxylation sites is 3. The average molecular weight is 1010 g/mol. The van der Waals surface area contributed by atoms with Gasteiger partial charge in [0, 0.05) is 60.0 Å². The Labute approximate surface area is 386 Å². The number of phenols is 1. The van der Waals surface area contributed by atoms with Crippen LogP contribution in [0, 0.1) is 6.07 Å². The smallest absolute Gasteiger partial charge is 0.149 e.